The van der Waals surface area contributed by atoms with E-state index < -0.39 is 0 Å². The number of aromatic nitrogens is 2. The fourth-order valence-corrected chi connectivity index (χ4v) is 3.12. The van der Waals surface area contributed by atoms with Gasteiger partial charge in [0.25, 0.3) is 11.5 Å². The minimum absolute atomic E-state index is 0.0639. The Morgan fingerprint density at radius 1 is 1.33 bits per heavy atom. The number of piperidine rings is 1. The molecule has 0 unspecified atom stereocenters. The molecule has 3 rings (SSSR count). The van der Waals surface area contributed by atoms with E-state index in [0.717, 1.165) is 37.4 Å². The van der Waals surface area contributed by atoms with Crippen molar-refractivity contribution >= 4 is 11.7 Å². The molecule has 0 spiro atoms. The van der Waals surface area contributed by atoms with Crippen LogP contribution in [0, 0.1) is 6.92 Å². The number of carbonyl (C=O) groups is 1. The SMILES string of the molecule is Cc1ccc(C(=O)N(C)[C@@H]2CCCN(c3ccccn3)C2)c(=O)[nH]1. The summed E-state index contributed by atoms with van der Waals surface area (Å²) in [7, 11) is 1.77. The van der Waals surface area contributed by atoms with Gasteiger partial charge < -0.3 is 14.8 Å². The Kier molecular flexibility index (Phi) is 4.64. The fourth-order valence-electron chi connectivity index (χ4n) is 3.12. The van der Waals surface area contributed by atoms with Gasteiger partial charge in [-0.2, -0.15) is 0 Å². The topological polar surface area (TPSA) is 69.3 Å². The van der Waals surface area contributed by atoms with Crippen molar-refractivity contribution in [1.82, 2.24) is 14.9 Å². The molecule has 0 aliphatic carbocycles. The summed E-state index contributed by atoms with van der Waals surface area (Å²) in [6, 6.07) is 9.26. The lowest BCUT2D eigenvalue weighted by atomic mass is 10.0. The highest BCUT2D eigenvalue weighted by molar-refractivity contribution is 5.93. The minimum Gasteiger partial charge on any atom is -0.355 e. The Bertz CT molecular complexity index is 772. The molecule has 3 heterocycles. The van der Waals surface area contributed by atoms with E-state index in [0.29, 0.717) is 0 Å². The molecule has 2 aromatic heterocycles. The van der Waals surface area contributed by atoms with Crippen LogP contribution in [0.1, 0.15) is 28.9 Å². The molecule has 2 aromatic rings. The van der Waals surface area contributed by atoms with Gasteiger partial charge in [0.05, 0.1) is 0 Å². The lowest BCUT2D eigenvalue weighted by molar-refractivity contribution is 0.0715. The zero-order valence-electron chi connectivity index (χ0n) is 14.0. The molecule has 1 N–H and O–H groups in total. The van der Waals surface area contributed by atoms with Gasteiger partial charge in [-0.1, -0.05) is 6.07 Å². The van der Waals surface area contributed by atoms with Gasteiger partial charge in [0.1, 0.15) is 11.4 Å². The third-order valence-electron chi connectivity index (χ3n) is 4.52. The van der Waals surface area contributed by atoms with Crippen LogP contribution >= 0.6 is 0 Å². The molecule has 1 aliphatic heterocycles. The van der Waals surface area contributed by atoms with Gasteiger partial charge in [-0.25, -0.2) is 4.98 Å². The first kappa shape index (κ1) is 16.2. The number of nitrogens with zero attached hydrogens (tertiary/aromatic N) is 3. The minimum atomic E-state index is -0.329. The lowest BCUT2D eigenvalue weighted by Crippen LogP contribution is -2.49. The molecule has 1 fully saturated rings. The first-order chi connectivity index (χ1) is 11.6. The van der Waals surface area contributed by atoms with E-state index >= 15 is 0 Å². The van der Waals surface area contributed by atoms with E-state index in [1.807, 2.05) is 18.2 Å². The summed E-state index contributed by atoms with van der Waals surface area (Å²) in [6.45, 7) is 3.45. The van der Waals surface area contributed by atoms with Crippen molar-refractivity contribution in [3.63, 3.8) is 0 Å². The fraction of sp³-hybridized carbons (Fsp3) is 0.389. The molecule has 0 radical (unpaired) electrons. The van der Waals surface area contributed by atoms with E-state index in [4.69, 9.17) is 0 Å². The third-order valence-corrected chi connectivity index (χ3v) is 4.52. The number of hydrogen-bond acceptors (Lipinski definition) is 4. The van der Waals surface area contributed by atoms with E-state index in [9.17, 15) is 9.59 Å². The second-order valence-electron chi connectivity index (χ2n) is 6.23. The molecular weight excluding hydrogens is 304 g/mol. The maximum Gasteiger partial charge on any atom is 0.260 e. The molecule has 1 saturated heterocycles. The van der Waals surface area contributed by atoms with Crippen LogP contribution in [0.2, 0.25) is 0 Å². The second-order valence-corrected chi connectivity index (χ2v) is 6.23. The molecular formula is C18H22N4O2. The number of aryl methyl sites for hydroxylation is 1. The Labute approximate surface area is 141 Å². The number of likely N-dealkylation sites (N-methyl/N-ethyl adjacent to an activating group) is 1. The van der Waals surface area contributed by atoms with Gasteiger partial charge in [-0.05, 0) is 44.0 Å². The molecule has 1 amide bonds. The van der Waals surface area contributed by atoms with Gasteiger partial charge >= 0.3 is 0 Å². The van der Waals surface area contributed by atoms with Crippen LogP contribution in [0.4, 0.5) is 5.82 Å². The lowest BCUT2D eigenvalue weighted by Gasteiger charge is -2.38. The number of nitrogens with one attached hydrogen (secondary N) is 1. The summed E-state index contributed by atoms with van der Waals surface area (Å²) in [5, 5.41) is 0. The van der Waals surface area contributed by atoms with Crippen molar-refractivity contribution in [1.29, 1.82) is 0 Å². The van der Waals surface area contributed by atoms with Crippen molar-refractivity contribution < 1.29 is 4.79 Å². The Balaban J connectivity index is 1.75. The normalized spacial score (nSPS) is 17.6. The molecule has 0 bridgehead atoms. The van der Waals surface area contributed by atoms with E-state index in [1.165, 1.54) is 0 Å². The largest absolute Gasteiger partial charge is 0.355 e. The van der Waals surface area contributed by atoms with Crippen LogP contribution in [0.3, 0.4) is 0 Å². The molecule has 0 saturated carbocycles. The number of hydrogen-bond donors (Lipinski definition) is 1. The maximum absolute atomic E-state index is 12.7. The molecule has 6 nitrogen and oxygen atoms in total. The molecule has 1 atom stereocenters. The molecule has 0 aromatic carbocycles. The number of amides is 1. The van der Waals surface area contributed by atoms with Crippen LogP contribution < -0.4 is 10.5 Å². The van der Waals surface area contributed by atoms with Crippen LogP contribution in [0.5, 0.6) is 0 Å². The van der Waals surface area contributed by atoms with Crippen molar-refractivity contribution in [2.75, 3.05) is 25.0 Å². The van der Waals surface area contributed by atoms with Crippen molar-refractivity contribution in [2.45, 2.75) is 25.8 Å². The van der Waals surface area contributed by atoms with E-state index in [2.05, 4.69) is 14.9 Å². The van der Waals surface area contributed by atoms with Crippen LogP contribution in [-0.2, 0) is 0 Å². The molecule has 126 valence electrons. The molecule has 24 heavy (non-hydrogen) atoms. The summed E-state index contributed by atoms with van der Waals surface area (Å²) < 4.78 is 0. The Morgan fingerprint density at radius 2 is 2.17 bits per heavy atom. The first-order valence-corrected chi connectivity index (χ1v) is 8.19. The van der Waals surface area contributed by atoms with Gasteiger partial charge in [0.2, 0.25) is 0 Å². The monoisotopic (exact) mass is 326 g/mol. The summed E-state index contributed by atoms with van der Waals surface area (Å²) in [4.78, 5) is 35.7. The number of H-pyrrole nitrogens is 1. The maximum atomic E-state index is 12.7. The van der Waals surface area contributed by atoms with Crippen molar-refractivity contribution in [3.8, 4) is 0 Å². The van der Waals surface area contributed by atoms with Crippen molar-refractivity contribution in [2.24, 2.45) is 0 Å². The quantitative estimate of drug-likeness (QED) is 0.934. The Hall–Kier alpha value is -2.63. The summed E-state index contributed by atoms with van der Waals surface area (Å²) in [5.74, 6) is 0.695. The van der Waals surface area contributed by atoms with Crippen LogP contribution in [0.15, 0.2) is 41.3 Å². The highest BCUT2D eigenvalue weighted by Gasteiger charge is 2.28. The van der Waals surface area contributed by atoms with Gasteiger partial charge in [-0.15, -0.1) is 0 Å². The van der Waals surface area contributed by atoms with Crippen LogP contribution in [-0.4, -0.2) is 47.0 Å². The highest BCUT2D eigenvalue weighted by Crippen LogP contribution is 2.20. The van der Waals surface area contributed by atoms with E-state index in [1.54, 1.807) is 37.2 Å². The molecule has 1 aliphatic rings. The number of aromatic amines is 1. The zero-order valence-corrected chi connectivity index (χ0v) is 14.0. The number of pyridine rings is 2. The zero-order chi connectivity index (χ0) is 17.1. The molecule has 6 heteroatoms. The Morgan fingerprint density at radius 3 is 2.88 bits per heavy atom. The third kappa shape index (κ3) is 3.32. The summed E-state index contributed by atoms with van der Waals surface area (Å²) in [5.41, 5.74) is 0.612. The smallest absolute Gasteiger partial charge is 0.260 e. The predicted octanol–water partition coefficient (Wildman–Crippen LogP) is 1.82. The standard InChI is InChI=1S/C18H22N4O2/c1-13-8-9-15(17(23)20-13)18(24)21(2)14-6-5-11-22(12-14)16-7-3-4-10-19-16/h3-4,7-10,14H,5-6,11-12H2,1-2H3,(H,20,23)/t14-/m1/s1. The summed E-state index contributed by atoms with van der Waals surface area (Å²) in [6.07, 6.45) is 3.69. The average Bonchev–Trinajstić information content (AvgIpc) is 2.61. The first-order valence-electron chi connectivity index (χ1n) is 8.19. The van der Waals surface area contributed by atoms with Gasteiger partial charge in [-0.3, -0.25) is 9.59 Å². The van der Waals surface area contributed by atoms with Crippen molar-refractivity contribution in [3.05, 3.63) is 58.1 Å². The number of anilines is 1. The highest BCUT2D eigenvalue weighted by atomic mass is 16.2. The van der Waals surface area contributed by atoms with Crippen LogP contribution in [0.25, 0.3) is 0 Å². The van der Waals surface area contributed by atoms with Gasteiger partial charge in [0.15, 0.2) is 0 Å². The number of rotatable bonds is 3. The predicted molar refractivity (Wildman–Crippen MR) is 93.4 cm³/mol. The summed E-state index contributed by atoms with van der Waals surface area (Å²) >= 11 is 0. The average molecular weight is 326 g/mol. The van der Waals surface area contributed by atoms with E-state index in [-0.39, 0.29) is 23.1 Å². The second kappa shape index (κ2) is 6.86. The number of carbonyl (C=O) groups excluding carboxylic acids is 1. The van der Waals surface area contributed by atoms with Gasteiger partial charge in [0, 0.05) is 38.1 Å².